The maximum Gasteiger partial charge on any atom is 0.356 e. The molecule has 0 aromatic heterocycles. The van der Waals surface area contributed by atoms with Crippen LogP contribution in [0.1, 0.15) is 13.8 Å². The summed E-state index contributed by atoms with van der Waals surface area (Å²) < 4.78 is 9.56. The normalized spacial score (nSPS) is 10.9. The number of benzene rings is 1. The molecule has 126 valence electrons. The van der Waals surface area contributed by atoms with E-state index in [9.17, 15) is 19.7 Å². The van der Waals surface area contributed by atoms with Gasteiger partial charge in [0.1, 0.15) is 6.07 Å². The van der Waals surface area contributed by atoms with Gasteiger partial charge in [-0.2, -0.15) is 5.26 Å². The average Bonchev–Trinajstić information content (AvgIpc) is 2.55. The Bertz CT molecular complexity index is 703. The van der Waals surface area contributed by atoms with E-state index in [2.05, 4.69) is 5.32 Å². The topological polar surface area (TPSA) is 132 Å². The zero-order valence-corrected chi connectivity index (χ0v) is 13.1. The van der Waals surface area contributed by atoms with Crippen LogP contribution in [0.2, 0.25) is 0 Å². The number of nitro benzene ring substituents is 1. The van der Waals surface area contributed by atoms with Crippen LogP contribution in [0.15, 0.2) is 35.5 Å². The number of carbonyl (C=O) groups is 2. The molecule has 0 unspecified atom stereocenters. The summed E-state index contributed by atoms with van der Waals surface area (Å²) in [6, 6.07) is 6.69. The lowest BCUT2D eigenvalue weighted by atomic mass is 10.2. The molecule has 0 atom stereocenters. The lowest BCUT2D eigenvalue weighted by Gasteiger charge is -2.12. The fraction of sp³-hybridized carbons (Fsp3) is 0.267. The van der Waals surface area contributed by atoms with Crippen LogP contribution in [-0.2, 0) is 19.1 Å². The van der Waals surface area contributed by atoms with Gasteiger partial charge in [0.05, 0.1) is 18.1 Å². The minimum Gasteiger partial charge on any atom is -0.462 e. The van der Waals surface area contributed by atoms with Gasteiger partial charge in [-0.3, -0.25) is 10.1 Å². The molecule has 0 aliphatic rings. The van der Waals surface area contributed by atoms with E-state index in [-0.39, 0.29) is 24.6 Å². The van der Waals surface area contributed by atoms with Crippen LogP contribution in [-0.4, -0.2) is 30.1 Å². The molecule has 9 heteroatoms. The fourth-order valence-electron chi connectivity index (χ4n) is 1.64. The number of ether oxygens (including phenoxy) is 2. The molecule has 0 saturated carbocycles. The van der Waals surface area contributed by atoms with Crippen molar-refractivity contribution >= 4 is 23.3 Å². The molecule has 1 aromatic rings. The highest BCUT2D eigenvalue weighted by molar-refractivity contribution is 6.05. The first-order chi connectivity index (χ1) is 11.4. The standard InChI is InChI=1S/C15H15N3O6/c1-3-23-14(19)12(9-16)13(15(20)24-4-2)17-10-5-7-11(8-6-10)18(21)22/h5-8,17H,3-4H2,1-2H3/b13-12-. The zero-order chi connectivity index (χ0) is 18.1. The van der Waals surface area contributed by atoms with Crippen molar-refractivity contribution in [3.05, 3.63) is 45.6 Å². The van der Waals surface area contributed by atoms with E-state index in [1.165, 1.54) is 24.3 Å². The molecule has 1 N–H and O–H groups in total. The number of nitro groups is 1. The highest BCUT2D eigenvalue weighted by Gasteiger charge is 2.24. The lowest BCUT2D eigenvalue weighted by molar-refractivity contribution is -0.384. The van der Waals surface area contributed by atoms with Gasteiger partial charge in [-0.1, -0.05) is 0 Å². The number of esters is 2. The van der Waals surface area contributed by atoms with E-state index in [0.717, 1.165) is 0 Å². The molecular weight excluding hydrogens is 318 g/mol. The Hall–Kier alpha value is -3.41. The Morgan fingerprint density at radius 1 is 1.17 bits per heavy atom. The number of hydrogen-bond acceptors (Lipinski definition) is 8. The van der Waals surface area contributed by atoms with Crippen LogP contribution in [0.5, 0.6) is 0 Å². The van der Waals surface area contributed by atoms with Crippen molar-refractivity contribution in [2.24, 2.45) is 0 Å². The Labute approximate surface area is 137 Å². The average molecular weight is 333 g/mol. The number of nitriles is 1. The van der Waals surface area contributed by atoms with Crippen molar-refractivity contribution < 1.29 is 24.0 Å². The van der Waals surface area contributed by atoms with Crippen LogP contribution >= 0.6 is 0 Å². The highest BCUT2D eigenvalue weighted by Crippen LogP contribution is 2.19. The van der Waals surface area contributed by atoms with Crippen molar-refractivity contribution in [3.8, 4) is 6.07 Å². The Kier molecular flexibility index (Phi) is 6.91. The summed E-state index contributed by atoms with van der Waals surface area (Å²) in [7, 11) is 0. The van der Waals surface area contributed by atoms with Crippen molar-refractivity contribution in [2.45, 2.75) is 13.8 Å². The fourth-order valence-corrected chi connectivity index (χ4v) is 1.64. The molecule has 9 nitrogen and oxygen atoms in total. The van der Waals surface area contributed by atoms with Crippen LogP contribution in [0.4, 0.5) is 11.4 Å². The van der Waals surface area contributed by atoms with Gasteiger partial charge in [0.25, 0.3) is 5.69 Å². The second-order valence-electron chi connectivity index (χ2n) is 4.23. The molecule has 0 spiro atoms. The summed E-state index contributed by atoms with van der Waals surface area (Å²) in [5, 5.41) is 22.4. The van der Waals surface area contributed by atoms with Crippen molar-refractivity contribution in [3.63, 3.8) is 0 Å². The van der Waals surface area contributed by atoms with Gasteiger partial charge in [-0.25, -0.2) is 9.59 Å². The molecule has 0 heterocycles. The summed E-state index contributed by atoms with van der Waals surface area (Å²) in [5.41, 5.74) is -0.825. The predicted molar refractivity (Wildman–Crippen MR) is 82.6 cm³/mol. The number of anilines is 1. The van der Waals surface area contributed by atoms with Crippen LogP contribution in [0, 0.1) is 21.4 Å². The first-order valence-corrected chi connectivity index (χ1v) is 6.94. The molecule has 1 rings (SSSR count). The van der Waals surface area contributed by atoms with Crippen molar-refractivity contribution in [1.29, 1.82) is 5.26 Å². The van der Waals surface area contributed by atoms with Gasteiger partial charge in [0.2, 0.25) is 0 Å². The van der Waals surface area contributed by atoms with Gasteiger partial charge in [0, 0.05) is 17.8 Å². The molecule has 24 heavy (non-hydrogen) atoms. The number of nitrogens with zero attached hydrogens (tertiary/aromatic N) is 2. The van der Waals surface area contributed by atoms with E-state index in [0.29, 0.717) is 0 Å². The molecule has 1 aromatic carbocycles. The molecule has 0 radical (unpaired) electrons. The zero-order valence-electron chi connectivity index (χ0n) is 13.1. The second kappa shape index (κ2) is 8.89. The summed E-state index contributed by atoms with van der Waals surface area (Å²) >= 11 is 0. The molecule has 0 aliphatic carbocycles. The summed E-state index contributed by atoms with van der Waals surface area (Å²) in [6.45, 7) is 3.18. The Morgan fingerprint density at radius 2 is 1.71 bits per heavy atom. The molecule has 0 aliphatic heterocycles. The van der Waals surface area contributed by atoms with Crippen LogP contribution in [0.25, 0.3) is 0 Å². The lowest BCUT2D eigenvalue weighted by Crippen LogP contribution is -2.21. The molecule has 0 bridgehead atoms. The van der Waals surface area contributed by atoms with Crippen LogP contribution in [0.3, 0.4) is 0 Å². The van der Waals surface area contributed by atoms with Gasteiger partial charge in [0.15, 0.2) is 11.3 Å². The van der Waals surface area contributed by atoms with Crippen molar-refractivity contribution in [2.75, 3.05) is 18.5 Å². The minimum absolute atomic E-state index is 0.0254. The maximum absolute atomic E-state index is 12.0. The number of non-ortho nitro benzene ring substituents is 1. The molecular formula is C15H15N3O6. The first-order valence-electron chi connectivity index (χ1n) is 6.94. The Balaban J connectivity index is 3.23. The third-order valence-corrected chi connectivity index (χ3v) is 2.67. The van der Waals surface area contributed by atoms with Gasteiger partial charge >= 0.3 is 11.9 Å². The smallest absolute Gasteiger partial charge is 0.356 e. The van der Waals surface area contributed by atoms with Crippen LogP contribution < -0.4 is 5.32 Å². The van der Waals surface area contributed by atoms with Gasteiger partial charge < -0.3 is 14.8 Å². The van der Waals surface area contributed by atoms with Gasteiger partial charge in [-0.15, -0.1) is 0 Å². The largest absolute Gasteiger partial charge is 0.462 e. The highest BCUT2D eigenvalue weighted by atomic mass is 16.6. The third kappa shape index (κ3) is 4.81. The third-order valence-electron chi connectivity index (χ3n) is 2.67. The molecule has 0 fully saturated rings. The summed E-state index contributed by atoms with van der Waals surface area (Å²) in [6.07, 6.45) is 0. The van der Waals surface area contributed by atoms with Gasteiger partial charge in [-0.05, 0) is 26.0 Å². The second-order valence-corrected chi connectivity index (χ2v) is 4.23. The van der Waals surface area contributed by atoms with E-state index in [1.807, 2.05) is 0 Å². The quantitative estimate of drug-likeness (QED) is 0.263. The van der Waals surface area contributed by atoms with E-state index in [4.69, 9.17) is 14.7 Å². The maximum atomic E-state index is 12.0. The minimum atomic E-state index is -0.975. The number of nitrogens with one attached hydrogen (secondary N) is 1. The van der Waals surface area contributed by atoms with E-state index < -0.39 is 28.1 Å². The number of rotatable bonds is 7. The Morgan fingerprint density at radius 3 is 2.17 bits per heavy atom. The SMILES string of the molecule is CCOC(=O)/C(C#N)=C(\Nc1ccc([N+](=O)[O-])cc1)C(=O)OCC. The monoisotopic (exact) mass is 333 g/mol. The van der Waals surface area contributed by atoms with Crippen molar-refractivity contribution in [1.82, 2.24) is 0 Å². The predicted octanol–water partition coefficient (Wildman–Crippen LogP) is 1.91. The number of carbonyl (C=O) groups excluding carboxylic acids is 2. The molecule has 0 amide bonds. The first kappa shape index (κ1) is 18.6. The molecule has 0 saturated heterocycles. The number of hydrogen-bond donors (Lipinski definition) is 1. The summed E-state index contributed by atoms with van der Waals surface area (Å²) in [5.74, 6) is -1.89. The van der Waals surface area contributed by atoms with E-state index >= 15 is 0 Å². The van der Waals surface area contributed by atoms with E-state index in [1.54, 1.807) is 19.9 Å². The summed E-state index contributed by atoms with van der Waals surface area (Å²) in [4.78, 5) is 33.9.